The van der Waals surface area contributed by atoms with Crippen molar-refractivity contribution in [3.05, 3.63) is 11.6 Å². The fraction of sp³-hybridized carbons (Fsp3) is 0.842. The first-order valence-corrected chi connectivity index (χ1v) is 13.1. The number of hydrogen-bond donors (Lipinski definition) is 3. The number of Topliss-reactive ketones (excluding diaryl/α,β-unsaturated/α-hetero) is 1. The van der Waals surface area contributed by atoms with Crippen LogP contribution in [0, 0.1) is 22.7 Å². The van der Waals surface area contributed by atoms with Crippen molar-refractivity contribution in [2.75, 3.05) is 6.61 Å². The van der Waals surface area contributed by atoms with Gasteiger partial charge in [-0.3, -0.25) is 9.32 Å². The first-order chi connectivity index (χ1) is 13.2. The van der Waals surface area contributed by atoms with Crippen molar-refractivity contribution in [2.45, 2.75) is 72.6 Å². The van der Waals surface area contributed by atoms with E-state index in [0.717, 1.165) is 31.3 Å². The predicted molar refractivity (Wildman–Crippen MR) is 109 cm³/mol. The van der Waals surface area contributed by atoms with E-state index in [1.165, 1.54) is 6.42 Å². The second-order valence-electron chi connectivity index (χ2n) is 9.38. The summed E-state index contributed by atoms with van der Waals surface area (Å²) >= 11 is 0. The van der Waals surface area contributed by atoms with E-state index in [1.807, 2.05) is 6.92 Å². The third kappa shape index (κ3) is 6.57. The Morgan fingerprint density at radius 2 is 1.86 bits per heavy atom. The van der Waals surface area contributed by atoms with Crippen LogP contribution in [0.2, 0.25) is 0 Å². The quantitative estimate of drug-likeness (QED) is 0.355. The highest BCUT2D eigenvalue weighted by atomic mass is 31.3. The molecule has 1 unspecified atom stereocenters. The fourth-order valence-corrected chi connectivity index (χ4v) is 7.06. The van der Waals surface area contributed by atoms with E-state index in [-0.39, 0.29) is 23.4 Å². The first-order valence-electron chi connectivity index (χ1n) is 10.1. The van der Waals surface area contributed by atoms with E-state index in [4.69, 9.17) is 9.79 Å². The third-order valence-electron chi connectivity index (χ3n) is 6.85. The molecule has 0 aromatic carbocycles. The van der Waals surface area contributed by atoms with Crippen LogP contribution in [0.1, 0.15) is 72.6 Å². The Labute approximate surface area is 172 Å². The number of hydrogen-bond acceptors (Lipinski definition) is 5. The Morgan fingerprint density at radius 1 is 1.21 bits per heavy atom. The van der Waals surface area contributed by atoms with Gasteiger partial charge in [-0.15, -0.1) is 0 Å². The molecular formula is C19H34O8P2. The SMILES string of the molecule is C/C(=C\COP(=O)(O)OP(=O)(O)O)CC[C@H]1C(=O)CC[C@H]2C(C)(C)CCC[C@]12C. The van der Waals surface area contributed by atoms with E-state index in [1.54, 1.807) is 6.08 Å². The molecule has 0 bridgehead atoms. The summed E-state index contributed by atoms with van der Waals surface area (Å²) in [6.45, 7) is 8.43. The molecule has 168 valence electrons. The van der Waals surface area contributed by atoms with E-state index >= 15 is 0 Å². The predicted octanol–water partition coefficient (Wildman–Crippen LogP) is 4.75. The Kier molecular flexibility index (Phi) is 7.77. The topological polar surface area (TPSA) is 130 Å². The first kappa shape index (κ1) is 24.9. The maximum Gasteiger partial charge on any atom is 0.481 e. The molecule has 0 aliphatic heterocycles. The van der Waals surface area contributed by atoms with E-state index in [9.17, 15) is 18.8 Å². The summed E-state index contributed by atoms with van der Waals surface area (Å²) in [5.74, 6) is 0.872. The van der Waals surface area contributed by atoms with Gasteiger partial charge in [-0.25, -0.2) is 9.13 Å². The Hall–Kier alpha value is -0.330. The number of carbonyl (C=O) groups excluding carboxylic acids is 1. The molecule has 10 heteroatoms. The van der Waals surface area contributed by atoms with Gasteiger partial charge in [-0.2, -0.15) is 4.31 Å². The minimum absolute atomic E-state index is 0.00587. The standard InChI is InChI=1S/C19H34O8P2/c1-14(10-13-26-29(24,25)27-28(21,22)23)6-7-15-16(20)8-9-17-18(2,3)11-5-12-19(15,17)4/h10,15,17H,5-9,11-13H2,1-4H3,(H,24,25)(H2,21,22,23)/b14-10+/t15-,17-,19+/m0/s1. The van der Waals surface area contributed by atoms with Crippen LogP contribution in [-0.2, 0) is 22.8 Å². The van der Waals surface area contributed by atoms with Crippen LogP contribution in [0.4, 0.5) is 0 Å². The molecule has 2 aliphatic rings. The molecule has 0 aromatic rings. The molecule has 2 fully saturated rings. The zero-order valence-corrected chi connectivity index (χ0v) is 19.5. The van der Waals surface area contributed by atoms with E-state index in [0.29, 0.717) is 24.5 Å². The summed E-state index contributed by atoms with van der Waals surface area (Å²) in [5, 5.41) is 0. The molecule has 2 rings (SSSR count). The molecule has 0 radical (unpaired) electrons. The van der Waals surface area contributed by atoms with Gasteiger partial charge in [0.1, 0.15) is 5.78 Å². The van der Waals surface area contributed by atoms with Crippen molar-refractivity contribution in [1.29, 1.82) is 0 Å². The monoisotopic (exact) mass is 452 g/mol. The Bertz CT molecular complexity index is 740. The second kappa shape index (κ2) is 9.04. The molecule has 4 atom stereocenters. The summed E-state index contributed by atoms with van der Waals surface area (Å²) in [6, 6.07) is 0. The summed E-state index contributed by atoms with van der Waals surface area (Å²) in [7, 11) is -9.95. The average Bonchev–Trinajstić information content (AvgIpc) is 2.50. The summed E-state index contributed by atoms with van der Waals surface area (Å²) in [5.41, 5.74) is 1.13. The van der Waals surface area contributed by atoms with Crippen LogP contribution in [0.5, 0.6) is 0 Å². The number of phosphoric acid groups is 2. The van der Waals surface area contributed by atoms with Gasteiger partial charge in [-0.05, 0) is 55.8 Å². The van der Waals surface area contributed by atoms with Gasteiger partial charge >= 0.3 is 15.6 Å². The van der Waals surface area contributed by atoms with Crippen LogP contribution in [-0.4, -0.2) is 27.1 Å². The number of rotatable bonds is 8. The summed E-state index contributed by atoms with van der Waals surface area (Å²) in [6.07, 6.45) is 7.94. The molecule has 2 saturated carbocycles. The molecule has 0 saturated heterocycles. The van der Waals surface area contributed by atoms with Crippen LogP contribution >= 0.6 is 15.6 Å². The number of fused-ring (bicyclic) bond motifs is 1. The van der Waals surface area contributed by atoms with Crippen molar-refractivity contribution in [2.24, 2.45) is 22.7 Å². The molecule has 29 heavy (non-hydrogen) atoms. The highest BCUT2D eigenvalue weighted by Gasteiger charge is 2.54. The maximum atomic E-state index is 12.8. The highest BCUT2D eigenvalue weighted by molar-refractivity contribution is 7.60. The van der Waals surface area contributed by atoms with Crippen molar-refractivity contribution in [3.63, 3.8) is 0 Å². The van der Waals surface area contributed by atoms with Gasteiger partial charge in [0.05, 0.1) is 6.61 Å². The third-order valence-corrected chi connectivity index (χ3v) is 9.00. The molecule has 0 amide bonds. The molecule has 0 spiro atoms. The van der Waals surface area contributed by atoms with Crippen molar-refractivity contribution in [1.82, 2.24) is 0 Å². The van der Waals surface area contributed by atoms with Crippen LogP contribution in [0.25, 0.3) is 0 Å². The van der Waals surface area contributed by atoms with Crippen LogP contribution in [0.15, 0.2) is 11.6 Å². The number of allylic oxidation sites excluding steroid dienone is 1. The lowest BCUT2D eigenvalue weighted by Crippen LogP contribution is -2.51. The van der Waals surface area contributed by atoms with Gasteiger partial charge < -0.3 is 14.7 Å². The van der Waals surface area contributed by atoms with Gasteiger partial charge in [0.15, 0.2) is 0 Å². The lowest BCUT2D eigenvalue weighted by molar-refractivity contribution is -0.143. The minimum Gasteiger partial charge on any atom is -0.302 e. The lowest BCUT2D eigenvalue weighted by atomic mass is 9.47. The van der Waals surface area contributed by atoms with Gasteiger partial charge in [0.25, 0.3) is 0 Å². The van der Waals surface area contributed by atoms with Gasteiger partial charge in [-0.1, -0.05) is 38.8 Å². The molecule has 0 heterocycles. The summed E-state index contributed by atoms with van der Waals surface area (Å²) in [4.78, 5) is 39.2. The normalized spacial score (nSPS) is 32.5. The number of ketones is 1. The average molecular weight is 452 g/mol. The zero-order valence-electron chi connectivity index (χ0n) is 17.7. The maximum absolute atomic E-state index is 12.8. The van der Waals surface area contributed by atoms with Crippen molar-refractivity contribution in [3.8, 4) is 0 Å². The Morgan fingerprint density at radius 3 is 2.48 bits per heavy atom. The second-order valence-corrected chi connectivity index (χ2v) is 12.2. The highest BCUT2D eigenvalue weighted by Crippen LogP contribution is 2.60. The summed E-state index contributed by atoms with van der Waals surface area (Å²) < 4.78 is 30.4. The van der Waals surface area contributed by atoms with Crippen LogP contribution < -0.4 is 0 Å². The number of phosphoric ester groups is 1. The van der Waals surface area contributed by atoms with E-state index < -0.39 is 15.6 Å². The molecule has 2 aliphatic carbocycles. The fourth-order valence-electron chi connectivity index (χ4n) is 5.53. The zero-order chi connectivity index (χ0) is 22.1. The van der Waals surface area contributed by atoms with E-state index in [2.05, 4.69) is 29.6 Å². The number of carbonyl (C=O) groups is 1. The van der Waals surface area contributed by atoms with Crippen molar-refractivity contribution < 1.29 is 37.4 Å². The van der Waals surface area contributed by atoms with Gasteiger partial charge in [0, 0.05) is 12.3 Å². The Balaban J connectivity index is 1.97. The molecule has 8 nitrogen and oxygen atoms in total. The smallest absolute Gasteiger partial charge is 0.302 e. The van der Waals surface area contributed by atoms with Gasteiger partial charge in [0.2, 0.25) is 0 Å². The van der Waals surface area contributed by atoms with Crippen LogP contribution in [0.3, 0.4) is 0 Å². The molecule has 3 N–H and O–H groups in total. The van der Waals surface area contributed by atoms with Crippen molar-refractivity contribution >= 4 is 21.4 Å². The lowest BCUT2D eigenvalue weighted by Gasteiger charge is -2.56. The molecule has 0 aromatic heterocycles. The minimum atomic E-state index is -5.12. The largest absolute Gasteiger partial charge is 0.481 e. The molecular weight excluding hydrogens is 418 g/mol.